The monoisotopic (exact) mass is 411 g/mol. The van der Waals surface area contributed by atoms with Gasteiger partial charge in [-0.05, 0) is 23.6 Å². The number of fused-ring (bicyclic) bond motifs is 1. The zero-order valence-electron chi connectivity index (χ0n) is 17.2. The molecule has 31 heavy (non-hydrogen) atoms. The summed E-state index contributed by atoms with van der Waals surface area (Å²) in [6.45, 7) is 0.401. The molecule has 3 aromatic carbocycles. The molecule has 0 aliphatic rings. The Hall–Kier alpha value is -3.86. The van der Waals surface area contributed by atoms with Crippen LogP contribution in [0.4, 0.5) is 0 Å². The number of hydrogen-bond acceptors (Lipinski definition) is 2. The highest BCUT2D eigenvalue weighted by Gasteiger charge is 2.25. The van der Waals surface area contributed by atoms with Gasteiger partial charge in [0.1, 0.15) is 6.04 Å². The predicted molar refractivity (Wildman–Crippen MR) is 122 cm³/mol. The lowest BCUT2D eigenvalue weighted by atomic mass is 10.0. The van der Waals surface area contributed by atoms with Crippen LogP contribution in [-0.4, -0.2) is 16.8 Å². The standard InChI is InChI=1S/C26H25N3O2/c30-24(16-15-19-9-3-1-4-10-19)29-25(22-18-27-23-14-8-7-13-21(22)23)26(31)28-17-20-11-5-2-6-12-20/h1-14,18,25,27H,15-17H2,(H,28,31)(H,29,30). The van der Waals surface area contributed by atoms with Crippen LogP contribution >= 0.6 is 0 Å². The number of carbonyl (C=O) groups excluding carboxylic acids is 2. The molecule has 0 bridgehead atoms. The van der Waals surface area contributed by atoms with E-state index in [9.17, 15) is 9.59 Å². The van der Waals surface area contributed by atoms with E-state index in [0.717, 1.165) is 27.6 Å². The largest absolute Gasteiger partial charge is 0.361 e. The molecule has 1 unspecified atom stereocenters. The van der Waals surface area contributed by atoms with Crippen LogP contribution in [0.25, 0.3) is 10.9 Å². The lowest BCUT2D eigenvalue weighted by Gasteiger charge is -2.18. The van der Waals surface area contributed by atoms with Gasteiger partial charge in [-0.3, -0.25) is 9.59 Å². The summed E-state index contributed by atoms with van der Waals surface area (Å²) in [7, 11) is 0. The third-order valence-corrected chi connectivity index (χ3v) is 5.29. The van der Waals surface area contributed by atoms with Gasteiger partial charge in [-0.1, -0.05) is 78.9 Å². The summed E-state index contributed by atoms with van der Waals surface area (Å²) < 4.78 is 0. The minimum atomic E-state index is -0.775. The summed E-state index contributed by atoms with van der Waals surface area (Å²) >= 11 is 0. The topological polar surface area (TPSA) is 74.0 Å². The average molecular weight is 412 g/mol. The molecule has 3 N–H and O–H groups in total. The van der Waals surface area contributed by atoms with E-state index in [1.807, 2.05) is 84.9 Å². The molecule has 5 nitrogen and oxygen atoms in total. The lowest BCUT2D eigenvalue weighted by molar-refractivity contribution is -0.129. The van der Waals surface area contributed by atoms with Crippen LogP contribution in [0.15, 0.2) is 91.1 Å². The van der Waals surface area contributed by atoms with Crippen LogP contribution in [-0.2, 0) is 22.6 Å². The van der Waals surface area contributed by atoms with E-state index in [0.29, 0.717) is 19.4 Å². The van der Waals surface area contributed by atoms with Gasteiger partial charge in [0.2, 0.25) is 11.8 Å². The van der Waals surface area contributed by atoms with Gasteiger partial charge in [-0.25, -0.2) is 0 Å². The molecule has 1 atom stereocenters. The van der Waals surface area contributed by atoms with E-state index in [1.54, 1.807) is 6.20 Å². The maximum absolute atomic E-state index is 13.1. The number of aromatic amines is 1. The number of carbonyl (C=O) groups is 2. The Morgan fingerprint density at radius 3 is 2.19 bits per heavy atom. The van der Waals surface area contributed by atoms with Gasteiger partial charge in [0, 0.05) is 35.6 Å². The first-order valence-electron chi connectivity index (χ1n) is 10.4. The zero-order valence-corrected chi connectivity index (χ0v) is 17.2. The van der Waals surface area contributed by atoms with E-state index < -0.39 is 6.04 Å². The van der Waals surface area contributed by atoms with Gasteiger partial charge in [-0.15, -0.1) is 0 Å². The maximum Gasteiger partial charge on any atom is 0.247 e. The molecule has 5 heteroatoms. The van der Waals surface area contributed by atoms with Crippen molar-refractivity contribution in [2.45, 2.75) is 25.4 Å². The SMILES string of the molecule is O=C(CCc1ccccc1)NC(C(=O)NCc1ccccc1)c1c[nH]c2ccccc12. The first kappa shape index (κ1) is 20.4. The van der Waals surface area contributed by atoms with E-state index in [2.05, 4.69) is 15.6 Å². The van der Waals surface area contributed by atoms with Gasteiger partial charge in [0.05, 0.1) is 0 Å². The molecule has 0 spiro atoms. The second-order valence-corrected chi connectivity index (χ2v) is 7.48. The summed E-state index contributed by atoms with van der Waals surface area (Å²) in [6, 6.07) is 26.6. The number of hydrogen-bond donors (Lipinski definition) is 3. The summed E-state index contributed by atoms with van der Waals surface area (Å²) in [6.07, 6.45) is 2.74. The molecule has 4 rings (SSSR count). The van der Waals surface area contributed by atoms with Crippen LogP contribution < -0.4 is 10.6 Å². The van der Waals surface area contributed by atoms with Crippen LogP contribution in [0.5, 0.6) is 0 Å². The van der Waals surface area contributed by atoms with Crippen LogP contribution in [0.2, 0.25) is 0 Å². The van der Waals surface area contributed by atoms with E-state index in [4.69, 9.17) is 0 Å². The number of aromatic nitrogens is 1. The summed E-state index contributed by atoms with van der Waals surface area (Å²) in [4.78, 5) is 29.1. The predicted octanol–water partition coefficient (Wildman–Crippen LogP) is 4.27. The minimum Gasteiger partial charge on any atom is -0.361 e. The first-order valence-corrected chi connectivity index (χ1v) is 10.4. The number of rotatable bonds is 8. The highest BCUT2D eigenvalue weighted by atomic mass is 16.2. The van der Waals surface area contributed by atoms with Crippen molar-refractivity contribution >= 4 is 22.7 Å². The minimum absolute atomic E-state index is 0.158. The highest BCUT2D eigenvalue weighted by Crippen LogP contribution is 2.24. The van der Waals surface area contributed by atoms with Crippen molar-refractivity contribution in [3.05, 3.63) is 108 Å². The number of amides is 2. The second-order valence-electron chi connectivity index (χ2n) is 7.48. The van der Waals surface area contributed by atoms with Gasteiger partial charge in [0.25, 0.3) is 0 Å². The van der Waals surface area contributed by atoms with Gasteiger partial charge >= 0.3 is 0 Å². The Labute approximate surface area is 181 Å². The van der Waals surface area contributed by atoms with Crippen LogP contribution in [0, 0.1) is 0 Å². The number of nitrogens with one attached hydrogen (secondary N) is 3. The molecule has 156 valence electrons. The third kappa shape index (κ3) is 5.20. The normalized spacial score (nSPS) is 11.7. The van der Waals surface area contributed by atoms with Gasteiger partial charge in [-0.2, -0.15) is 0 Å². The molecule has 0 saturated heterocycles. The Kier molecular flexibility index (Phi) is 6.43. The molecule has 1 heterocycles. The lowest BCUT2D eigenvalue weighted by Crippen LogP contribution is -2.40. The fourth-order valence-corrected chi connectivity index (χ4v) is 3.64. The molecule has 0 saturated carbocycles. The van der Waals surface area contributed by atoms with Crippen LogP contribution in [0.3, 0.4) is 0 Å². The Morgan fingerprint density at radius 1 is 0.806 bits per heavy atom. The molecule has 0 fully saturated rings. The van der Waals surface area contributed by atoms with Crippen molar-refractivity contribution in [1.82, 2.24) is 15.6 Å². The van der Waals surface area contributed by atoms with Crippen molar-refractivity contribution < 1.29 is 9.59 Å². The Balaban J connectivity index is 1.50. The summed E-state index contributed by atoms with van der Waals surface area (Å²) in [5.41, 5.74) is 3.78. The van der Waals surface area contributed by atoms with Crippen molar-refractivity contribution in [2.24, 2.45) is 0 Å². The van der Waals surface area contributed by atoms with E-state index in [-0.39, 0.29) is 11.8 Å². The summed E-state index contributed by atoms with van der Waals surface area (Å²) in [5, 5.41) is 6.83. The molecule has 0 aliphatic heterocycles. The summed E-state index contributed by atoms with van der Waals surface area (Å²) in [5.74, 6) is -0.393. The molecule has 0 radical (unpaired) electrons. The molecule has 4 aromatic rings. The number of benzene rings is 3. The fraction of sp³-hybridized carbons (Fsp3) is 0.154. The van der Waals surface area contributed by atoms with Gasteiger partial charge in [0.15, 0.2) is 0 Å². The van der Waals surface area contributed by atoms with E-state index in [1.165, 1.54) is 0 Å². The highest BCUT2D eigenvalue weighted by molar-refractivity contribution is 5.94. The Bertz CT molecular complexity index is 1150. The molecular weight excluding hydrogens is 386 g/mol. The quantitative estimate of drug-likeness (QED) is 0.405. The zero-order chi connectivity index (χ0) is 21.5. The van der Waals surface area contributed by atoms with Crippen molar-refractivity contribution in [3.8, 4) is 0 Å². The Morgan fingerprint density at radius 2 is 1.45 bits per heavy atom. The molecule has 2 amide bonds. The number of para-hydroxylation sites is 1. The average Bonchev–Trinajstić information content (AvgIpc) is 3.25. The molecular formula is C26H25N3O2. The van der Waals surface area contributed by atoms with E-state index >= 15 is 0 Å². The number of aryl methyl sites for hydroxylation is 1. The van der Waals surface area contributed by atoms with Crippen LogP contribution in [0.1, 0.15) is 29.2 Å². The number of H-pyrrole nitrogens is 1. The molecule has 1 aromatic heterocycles. The fourth-order valence-electron chi connectivity index (χ4n) is 3.64. The third-order valence-electron chi connectivity index (χ3n) is 5.29. The maximum atomic E-state index is 13.1. The molecule has 0 aliphatic carbocycles. The smallest absolute Gasteiger partial charge is 0.247 e. The van der Waals surface area contributed by atoms with Crippen molar-refractivity contribution in [2.75, 3.05) is 0 Å². The van der Waals surface area contributed by atoms with Crippen molar-refractivity contribution in [3.63, 3.8) is 0 Å². The first-order chi connectivity index (χ1) is 15.2. The van der Waals surface area contributed by atoms with Gasteiger partial charge < -0.3 is 15.6 Å². The van der Waals surface area contributed by atoms with Crippen molar-refractivity contribution in [1.29, 1.82) is 0 Å². The second kappa shape index (κ2) is 9.76.